The van der Waals surface area contributed by atoms with Gasteiger partial charge in [0.15, 0.2) is 0 Å². The molecule has 3 rings (SSSR count). The van der Waals surface area contributed by atoms with Crippen molar-refractivity contribution in [3.63, 3.8) is 0 Å². The molecule has 0 bridgehead atoms. The SMILES string of the molecule is CC1CCN(Cc2cccc(C(=O)N3CCCC3)n2)C1. The third kappa shape index (κ3) is 3.01. The minimum absolute atomic E-state index is 0.0964. The summed E-state index contributed by atoms with van der Waals surface area (Å²) in [5.74, 6) is 0.878. The second-order valence-corrected chi connectivity index (χ2v) is 6.14. The molecule has 0 aromatic carbocycles. The van der Waals surface area contributed by atoms with E-state index in [-0.39, 0.29) is 5.91 Å². The van der Waals surface area contributed by atoms with Gasteiger partial charge in [-0.15, -0.1) is 0 Å². The number of hydrogen-bond acceptors (Lipinski definition) is 3. The smallest absolute Gasteiger partial charge is 0.272 e. The van der Waals surface area contributed by atoms with Crippen LogP contribution in [-0.2, 0) is 6.54 Å². The number of carbonyl (C=O) groups is 1. The van der Waals surface area contributed by atoms with Crippen molar-refractivity contribution in [1.29, 1.82) is 0 Å². The van der Waals surface area contributed by atoms with E-state index >= 15 is 0 Å². The van der Waals surface area contributed by atoms with Crippen molar-refractivity contribution in [2.75, 3.05) is 26.2 Å². The average molecular weight is 273 g/mol. The Labute approximate surface area is 120 Å². The van der Waals surface area contributed by atoms with E-state index in [1.165, 1.54) is 6.42 Å². The van der Waals surface area contributed by atoms with Crippen molar-refractivity contribution in [2.45, 2.75) is 32.7 Å². The zero-order chi connectivity index (χ0) is 13.9. The standard InChI is InChI=1S/C16H23N3O/c1-13-7-10-18(11-13)12-14-5-4-6-15(17-14)16(20)19-8-2-3-9-19/h4-6,13H,2-3,7-12H2,1H3. The number of hydrogen-bond donors (Lipinski definition) is 0. The number of carbonyl (C=O) groups excluding carboxylic acids is 1. The second kappa shape index (κ2) is 5.92. The van der Waals surface area contributed by atoms with Crippen LogP contribution in [0.5, 0.6) is 0 Å². The predicted octanol–water partition coefficient (Wildman–Crippen LogP) is 2.16. The van der Waals surface area contributed by atoms with Crippen molar-refractivity contribution < 1.29 is 4.79 Å². The highest BCUT2D eigenvalue weighted by atomic mass is 16.2. The van der Waals surface area contributed by atoms with Gasteiger partial charge in [0.2, 0.25) is 0 Å². The molecule has 1 amide bonds. The van der Waals surface area contributed by atoms with Gasteiger partial charge in [0.05, 0.1) is 5.69 Å². The molecule has 1 aromatic heterocycles. The molecule has 20 heavy (non-hydrogen) atoms. The first-order chi connectivity index (χ1) is 9.72. The van der Waals surface area contributed by atoms with E-state index < -0.39 is 0 Å². The molecular formula is C16H23N3O. The van der Waals surface area contributed by atoms with Crippen molar-refractivity contribution in [3.8, 4) is 0 Å². The lowest BCUT2D eigenvalue weighted by atomic mass is 10.2. The van der Waals surface area contributed by atoms with Gasteiger partial charge < -0.3 is 4.90 Å². The molecule has 0 radical (unpaired) electrons. The summed E-state index contributed by atoms with van der Waals surface area (Å²) in [6.45, 7) is 7.22. The number of amides is 1. The van der Waals surface area contributed by atoms with Gasteiger partial charge in [-0.25, -0.2) is 4.98 Å². The molecule has 0 aliphatic carbocycles. The van der Waals surface area contributed by atoms with Gasteiger partial charge in [0.1, 0.15) is 5.69 Å². The van der Waals surface area contributed by atoms with E-state index in [1.54, 1.807) is 0 Å². The van der Waals surface area contributed by atoms with E-state index in [2.05, 4.69) is 16.8 Å². The van der Waals surface area contributed by atoms with Gasteiger partial charge in [-0.1, -0.05) is 13.0 Å². The van der Waals surface area contributed by atoms with Crippen LogP contribution in [0, 0.1) is 5.92 Å². The molecule has 1 aromatic rings. The van der Waals surface area contributed by atoms with Crippen LogP contribution in [0.4, 0.5) is 0 Å². The summed E-state index contributed by atoms with van der Waals surface area (Å²) in [6, 6.07) is 5.84. The second-order valence-electron chi connectivity index (χ2n) is 6.14. The fourth-order valence-corrected chi connectivity index (χ4v) is 3.17. The van der Waals surface area contributed by atoms with Gasteiger partial charge in [-0.05, 0) is 43.9 Å². The highest BCUT2D eigenvalue weighted by molar-refractivity contribution is 5.92. The van der Waals surface area contributed by atoms with Crippen LogP contribution in [0.1, 0.15) is 42.4 Å². The molecule has 2 aliphatic rings. The third-order valence-electron chi connectivity index (χ3n) is 4.31. The molecule has 1 unspecified atom stereocenters. The average Bonchev–Trinajstić information content (AvgIpc) is 3.10. The fourth-order valence-electron chi connectivity index (χ4n) is 3.17. The minimum Gasteiger partial charge on any atom is -0.337 e. The van der Waals surface area contributed by atoms with Crippen molar-refractivity contribution in [1.82, 2.24) is 14.8 Å². The quantitative estimate of drug-likeness (QED) is 0.847. The van der Waals surface area contributed by atoms with Crippen molar-refractivity contribution >= 4 is 5.91 Å². The van der Waals surface area contributed by atoms with E-state index in [4.69, 9.17) is 0 Å². The summed E-state index contributed by atoms with van der Waals surface area (Å²) in [4.78, 5) is 21.3. The van der Waals surface area contributed by atoms with Crippen LogP contribution in [0.15, 0.2) is 18.2 Å². The number of likely N-dealkylation sites (tertiary alicyclic amines) is 2. The molecular weight excluding hydrogens is 250 g/mol. The molecule has 4 heteroatoms. The zero-order valence-electron chi connectivity index (χ0n) is 12.2. The Morgan fingerprint density at radius 3 is 2.80 bits per heavy atom. The summed E-state index contributed by atoms with van der Waals surface area (Å²) in [5, 5.41) is 0. The van der Waals surface area contributed by atoms with Crippen LogP contribution < -0.4 is 0 Å². The van der Waals surface area contributed by atoms with Crippen LogP contribution >= 0.6 is 0 Å². The Bertz CT molecular complexity index is 482. The topological polar surface area (TPSA) is 36.4 Å². The van der Waals surface area contributed by atoms with E-state index in [1.807, 2.05) is 23.1 Å². The van der Waals surface area contributed by atoms with E-state index in [0.717, 1.165) is 57.2 Å². The Morgan fingerprint density at radius 1 is 1.30 bits per heavy atom. The Kier molecular flexibility index (Phi) is 4.01. The minimum atomic E-state index is 0.0964. The largest absolute Gasteiger partial charge is 0.337 e. The zero-order valence-corrected chi connectivity index (χ0v) is 12.2. The Hall–Kier alpha value is -1.42. The lowest BCUT2D eigenvalue weighted by molar-refractivity contribution is 0.0786. The molecule has 0 saturated carbocycles. The predicted molar refractivity (Wildman–Crippen MR) is 78.4 cm³/mol. The molecule has 4 nitrogen and oxygen atoms in total. The first kappa shape index (κ1) is 13.6. The third-order valence-corrected chi connectivity index (χ3v) is 4.31. The summed E-state index contributed by atoms with van der Waals surface area (Å²) in [6.07, 6.45) is 3.51. The maximum Gasteiger partial charge on any atom is 0.272 e. The molecule has 1 atom stereocenters. The lowest BCUT2D eigenvalue weighted by Crippen LogP contribution is -2.29. The molecule has 0 N–H and O–H groups in total. The number of nitrogens with zero attached hydrogens (tertiary/aromatic N) is 3. The van der Waals surface area contributed by atoms with E-state index in [0.29, 0.717) is 5.69 Å². The maximum absolute atomic E-state index is 12.3. The number of aromatic nitrogens is 1. The Morgan fingerprint density at radius 2 is 2.10 bits per heavy atom. The number of rotatable bonds is 3. The Balaban J connectivity index is 1.67. The fraction of sp³-hybridized carbons (Fsp3) is 0.625. The highest BCUT2D eigenvalue weighted by Gasteiger charge is 2.22. The van der Waals surface area contributed by atoms with Crippen LogP contribution in [-0.4, -0.2) is 46.9 Å². The maximum atomic E-state index is 12.3. The first-order valence-electron chi connectivity index (χ1n) is 7.70. The van der Waals surface area contributed by atoms with E-state index in [9.17, 15) is 4.79 Å². The summed E-state index contributed by atoms with van der Waals surface area (Å²) in [7, 11) is 0. The molecule has 2 saturated heterocycles. The highest BCUT2D eigenvalue weighted by Crippen LogP contribution is 2.18. The molecule has 0 spiro atoms. The summed E-state index contributed by atoms with van der Waals surface area (Å²) >= 11 is 0. The summed E-state index contributed by atoms with van der Waals surface area (Å²) < 4.78 is 0. The molecule has 3 heterocycles. The molecule has 2 fully saturated rings. The van der Waals surface area contributed by atoms with Crippen LogP contribution in [0.3, 0.4) is 0 Å². The monoisotopic (exact) mass is 273 g/mol. The van der Waals surface area contributed by atoms with Gasteiger partial charge in [-0.3, -0.25) is 9.69 Å². The summed E-state index contributed by atoms with van der Waals surface area (Å²) in [5.41, 5.74) is 1.63. The van der Waals surface area contributed by atoms with Crippen molar-refractivity contribution in [3.05, 3.63) is 29.6 Å². The van der Waals surface area contributed by atoms with Crippen LogP contribution in [0.25, 0.3) is 0 Å². The van der Waals surface area contributed by atoms with Crippen molar-refractivity contribution in [2.24, 2.45) is 5.92 Å². The first-order valence-corrected chi connectivity index (χ1v) is 7.70. The van der Waals surface area contributed by atoms with Gasteiger partial charge in [0, 0.05) is 26.2 Å². The van der Waals surface area contributed by atoms with Crippen LogP contribution in [0.2, 0.25) is 0 Å². The molecule has 108 valence electrons. The van der Waals surface area contributed by atoms with Gasteiger partial charge in [-0.2, -0.15) is 0 Å². The number of pyridine rings is 1. The van der Waals surface area contributed by atoms with Gasteiger partial charge >= 0.3 is 0 Å². The lowest BCUT2D eigenvalue weighted by Gasteiger charge is -2.17. The molecule has 2 aliphatic heterocycles. The normalized spacial score (nSPS) is 23.4. The van der Waals surface area contributed by atoms with Gasteiger partial charge in [0.25, 0.3) is 5.91 Å².